The minimum absolute atomic E-state index is 0.0436. The summed E-state index contributed by atoms with van der Waals surface area (Å²) in [5.41, 5.74) is 2.40. The highest BCUT2D eigenvalue weighted by Gasteiger charge is 2.27. The third-order valence-electron chi connectivity index (χ3n) is 5.59. The first-order chi connectivity index (χ1) is 16.2. The molecule has 2 aromatic carbocycles. The Balaban J connectivity index is 1.61. The van der Waals surface area contributed by atoms with E-state index in [1.807, 2.05) is 6.92 Å². The minimum Gasteiger partial charge on any atom is -0.337 e. The fourth-order valence-electron chi connectivity index (χ4n) is 3.74. The first kappa shape index (κ1) is 23.5. The van der Waals surface area contributed by atoms with Crippen molar-refractivity contribution in [2.45, 2.75) is 31.7 Å². The van der Waals surface area contributed by atoms with Gasteiger partial charge in [0.2, 0.25) is 5.91 Å². The van der Waals surface area contributed by atoms with E-state index in [1.165, 1.54) is 42.5 Å². The molecule has 3 aromatic rings. The molecule has 10 heteroatoms. The summed E-state index contributed by atoms with van der Waals surface area (Å²) in [5, 5.41) is 12.9. The maximum absolute atomic E-state index is 13.1. The monoisotopic (exact) mass is 494 g/mol. The number of nitrogens with one attached hydrogen (secondary N) is 2. The third kappa shape index (κ3) is 4.66. The number of para-hydroxylation sites is 1. The minimum atomic E-state index is -3.91. The van der Waals surface area contributed by atoms with Crippen LogP contribution in [-0.4, -0.2) is 31.7 Å². The van der Waals surface area contributed by atoms with Gasteiger partial charge in [0.05, 0.1) is 28.3 Å². The molecule has 0 bridgehead atoms. The average Bonchev–Trinajstić information content (AvgIpc) is 3.15. The molecule has 1 aliphatic rings. The van der Waals surface area contributed by atoms with Gasteiger partial charge in [-0.2, -0.15) is 5.26 Å². The number of nitriles is 1. The number of hydrogen-bond donors (Lipinski definition) is 2. The van der Waals surface area contributed by atoms with Crippen LogP contribution in [0.4, 0.5) is 10.7 Å². The van der Waals surface area contributed by atoms with Crippen LogP contribution in [0, 0.1) is 18.3 Å². The Bertz CT molecular complexity index is 1420. The molecule has 1 aliphatic heterocycles. The van der Waals surface area contributed by atoms with E-state index in [0.717, 1.165) is 16.0 Å². The van der Waals surface area contributed by atoms with Crippen molar-refractivity contribution in [2.24, 2.45) is 0 Å². The molecular formula is C24H22N4O4S2. The Labute approximate surface area is 201 Å². The van der Waals surface area contributed by atoms with Crippen molar-refractivity contribution in [3.8, 4) is 6.07 Å². The molecule has 1 aromatic heterocycles. The zero-order valence-electron chi connectivity index (χ0n) is 18.6. The molecule has 0 unspecified atom stereocenters. The van der Waals surface area contributed by atoms with Crippen LogP contribution in [0.3, 0.4) is 0 Å². The number of hydrogen-bond acceptors (Lipinski definition) is 6. The van der Waals surface area contributed by atoms with Gasteiger partial charge in [-0.15, -0.1) is 11.3 Å². The highest BCUT2D eigenvalue weighted by atomic mass is 32.2. The number of thiophene rings is 1. The maximum atomic E-state index is 13.1. The van der Waals surface area contributed by atoms with Crippen LogP contribution in [0.15, 0.2) is 53.4 Å². The normalized spacial score (nSPS) is 13.0. The van der Waals surface area contributed by atoms with Gasteiger partial charge in [-0.05, 0) is 43.2 Å². The third-order valence-corrected chi connectivity index (χ3v) is 8.10. The fourth-order valence-corrected chi connectivity index (χ4v) is 6.03. The first-order valence-electron chi connectivity index (χ1n) is 10.5. The van der Waals surface area contributed by atoms with E-state index >= 15 is 0 Å². The SMILES string of the molecule is CC(=O)N1CCc2c(sc(NC(=O)c3ccccc3NS(=O)(=O)c3ccc(C)cc3)c2C#N)C1. The van der Waals surface area contributed by atoms with Gasteiger partial charge in [0, 0.05) is 18.3 Å². The standard InChI is InChI=1S/C24H22N4O4S2/c1-15-7-9-17(10-8-15)34(31,32)27-21-6-4-3-5-19(21)23(30)26-24-20(13-25)18-11-12-28(16(2)29)14-22(18)33-24/h3-10,27H,11-12,14H2,1-2H3,(H,26,30). The lowest BCUT2D eigenvalue weighted by molar-refractivity contribution is -0.129. The topological polar surface area (TPSA) is 119 Å². The Hall–Kier alpha value is -3.68. The van der Waals surface area contributed by atoms with Gasteiger partial charge in [0.25, 0.3) is 15.9 Å². The molecule has 0 saturated heterocycles. The number of amides is 2. The van der Waals surface area contributed by atoms with E-state index in [-0.39, 0.29) is 22.1 Å². The number of benzene rings is 2. The average molecular weight is 495 g/mol. The number of anilines is 2. The lowest BCUT2D eigenvalue weighted by Crippen LogP contribution is -2.33. The highest BCUT2D eigenvalue weighted by molar-refractivity contribution is 7.92. The number of fused-ring (bicyclic) bond motifs is 1. The Morgan fingerprint density at radius 2 is 1.82 bits per heavy atom. The van der Waals surface area contributed by atoms with Crippen molar-refractivity contribution < 1.29 is 18.0 Å². The van der Waals surface area contributed by atoms with Crippen LogP contribution in [0.5, 0.6) is 0 Å². The van der Waals surface area contributed by atoms with Crippen molar-refractivity contribution in [2.75, 3.05) is 16.6 Å². The highest BCUT2D eigenvalue weighted by Crippen LogP contribution is 2.37. The molecule has 0 fully saturated rings. The molecule has 34 heavy (non-hydrogen) atoms. The van der Waals surface area contributed by atoms with Crippen molar-refractivity contribution in [3.05, 3.63) is 75.7 Å². The predicted molar refractivity (Wildman–Crippen MR) is 130 cm³/mol. The van der Waals surface area contributed by atoms with Crippen molar-refractivity contribution in [3.63, 3.8) is 0 Å². The summed E-state index contributed by atoms with van der Waals surface area (Å²) in [5.74, 6) is -0.585. The van der Waals surface area contributed by atoms with E-state index in [0.29, 0.717) is 30.1 Å². The molecule has 4 rings (SSSR count). The molecule has 2 amide bonds. The molecule has 0 aliphatic carbocycles. The molecule has 0 saturated carbocycles. The molecule has 0 atom stereocenters. The molecule has 0 spiro atoms. The molecule has 2 N–H and O–H groups in total. The predicted octanol–water partition coefficient (Wildman–Crippen LogP) is 3.89. The summed E-state index contributed by atoms with van der Waals surface area (Å²) in [4.78, 5) is 27.5. The van der Waals surface area contributed by atoms with Crippen molar-refractivity contribution in [1.82, 2.24) is 4.90 Å². The summed E-state index contributed by atoms with van der Waals surface area (Å²) >= 11 is 1.26. The van der Waals surface area contributed by atoms with Gasteiger partial charge >= 0.3 is 0 Å². The Morgan fingerprint density at radius 3 is 2.50 bits per heavy atom. The van der Waals surface area contributed by atoms with Crippen LogP contribution in [0.1, 0.15) is 38.8 Å². The Morgan fingerprint density at radius 1 is 1.12 bits per heavy atom. The van der Waals surface area contributed by atoms with E-state index in [1.54, 1.807) is 29.2 Å². The largest absolute Gasteiger partial charge is 0.337 e. The fraction of sp³-hybridized carbons (Fsp3) is 0.208. The maximum Gasteiger partial charge on any atom is 0.261 e. The number of carbonyl (C=O) groups excluding carboxylic acids is 2. The quantitative estimate of drug-likeness (QED) is 0.558. The number of carbonyl (C=O) groups is 2. The van der Waals surface area contributed by atoms with Crippen LogP contribution in [0.2, 0.25) is 0 Å². The summed E-state index contributed by atoms with van der Waals surface area (Å²) < 4.78 is 28.2. The number of aryl methyl sites for hydroxylation is 1. The smallest absolute Gasteiger partial charge is 0.261 e. The second-order valence-electron chi connectivity index (χ2n) is 7.93. The Kier molecular flexibility index (Phi) is 6.41. The summed E-state index contributed by atoms with van der Waals surface area (Å²) in [6.07, 6.45) is 0.539. The van der Waals surface area contributed by atoms with Crippen LogP contribution >= 0.6 is 11.3 Å². The zero-order valence-corrected chi connectivity index (χ0v) is 20.2. The van der Waals surface area contributed by atoms with E-state index in [2.05, 4.69) is 16.1 Å². The molecule has 2 heterocycles. The van der Waals surface area contributed by atoms with Crippen molar-refractivity contribution in [1.29, 1.82) is 5.26 Å². The number of sulfonamides is 1. The van der Waals surface area contributed by atoms with Crippen LogP contribution in [-0.2, 0) is 27.8 Å². The van der Waals surface area contributed by atoms with Crippen LogP contribution < -0.4 is 10.0 Å². The van der Waals surface area contributed by atoms with Gasteiger partial charge in [-0.3, -0.25) is 14.3 Å². The zero-order chi connectivity index (χ0) is 24.5. The first-order valence-corrected chi connectivity index (χ1v) is 12.8. The molecular weight excluding hydrogens is 472 g/mol. The lowest BCUT2D eigenvalue weighted by Gasteiger charge is -2.25. The summed E-state index contributed by atoms with van der Waals surface area (Å²) in [6, 6.07) is 14.8. The second-order valence-corrected chi connectivity index (χ2v) is 10.7. The van der Waals surface area contributed by atoms with E-state index in [9.17, 15) is 23.3 Å². The van der Waals surface area contributed by atoms with Gasteiger partial charge < -0.3 is 10.2 Å². The second kappa shape index (κ2) is 9.29. The van der Waals surface area contributed by atoms with Gasteiger partial charge in [0.1, 0.15) is 11.1 Å². The molecule has 174 valence electrons. The van der Waals surface area contributed by atoms with Crippen LogP contribution in [0.25, 0.3) is 0 Å². The summed E-state index contributed by atoms with van der Waals surface area (Å²) in [6.45, 7) is 4.28. The van der Waals surface area contributed by atoms with Gasteiger partial charge in [-0.25, -0.2) is 8.42 Å². The van der Waals surface area contributed by atoms with E-state index < -0.39 is 15.9 Å². The number of nitrogens with zero attached hydrogens (tertiary/aromatic N) is 2. The number of rotatable bonds is 5. The lowest BCUT2D eigenvalue weighted by atomic mass is 10.0. The van der Waals surface area contributed by atoms with Crippen molar-refractivity contribution >= 4 is 43.9 Å². The molecule has 0 radical (unpaired) electrons. The summed E-state index contributed by atoms with van der Waals surface area (Å²) in [7, 11) is -3.91. The van der Waals surface area contributed by atoms with Gasteiger partial charge in [0.15, 0.2) is 0 Å². The van der Waals surface area contributed by atoms with E-state index in [4.69, 9.17) is 0 Å². The molecule has 8 nitrogen and oxygen atoms in total. The van der Waals surface area contributed by atoms with Gasteiger partial charge in [-0.1, -0.05) is 29.8 Å².